The lowest BCUT2D eigenvalue weighted by molar-refractivity contribution is -0.384. The fourth-order valence-electron chi connectivity index (χ4n) is 0.956. The van der Waals surface area contributed by atoms with Gasteiger partial charge in [-0.25, -0.2) is 0 Å². The number of benzene rings is 1. The lowest BCUT2D eigenvalue weighted by Crippen LogP contribution is -2.15. The van der Waals surface area contributed by atoms with E-state index in [-0.39, 0.29) is 11.3 Å². The molecule has 0 spiro atoms. The zero-order valence-electron chi connectivity index (χ0n) is 7.47. The van der Waals surface area contributed by atoms with Crippen LogP contribution in [-0.2, 0) is 4.79 Å². The second kappa shape index (κ2) is 4.65. The molecule has 0 bridgehead atoms. The Labute approximate surface area is 89.8 Å². The van der Waals surface area contributed by atoms with Crippen LogP contribution in [0.4, 0.5) is 5.69 Å². The standard InChI is InChI=1S/C9H6ClNO4/c10-5-8(12)9(13)6-1-3-7(4-2-6)11(14)15/h1-4H,5H2. The third kappa shape index (κ3) is 2.60. The number of carbonyl (C=O) groups excluding carboxylic acids is 2. The van der Waals surface area contributed by atoms with Crippen LogP contribution in [0.15, 0.2) is 24.3 Å². The molecule has 0 aliphatic rings. The molecule has 0 unspecified atom stereocenters. The highest BCUT2D eigenvalue weighted by atomic mass is 35.5. The molecule has 1 rings (SSSR count). The number of Topliss-reactive ketones (excluding diaryl/α,β-unsaturated/α-hetero) is 2. The summed E-state index contributed by atoms with van der Waals surface area (Å²) < 4.78 is 0. The maximum atomic E-state index is 11.3. The summed E-state index contributed by atoms with van der Waals surface area (Å²) in [4.78, 5) is 31.9. The van der Waals surface area contributed by atoms with E-state index < -0.39 is 22.4 Å². The number of hydrogen-bond donors (Lipinski definition) is 0. The minimum atomic E-state index is -0.736. The summed E-state index contributed by atoms with van der Waals surface area (Å²) in [6.07, 6.45) is 0. The van der Waals surface area contributed by atoms with Crippen molar-refractivity contribution in [3.8, 4) is 0 Å². The summed E-state index contributed by atoms with van der Waals surface area (Å²) in [5.41, 5.74) is -0.0314. The molecule has 78 valence electrons. The van der Waals surface area contributed by atoms with Crippen molar-refractivity contribution in [2.45, 2.75) is 0 Å². The number of ketones is 2. The van der Waals surface area contributed by atoms with Crippen LogP contribution in [0.5, 0.6) is 0 Å². The number of rotatable bonds is 4. The van der Waals surface area contributed by atoms with E-state index in [0.717, 1.165) is 12.1 Å². The first-order valence-corrected chi connectivity index (χ1v) is 4.47. The molecule has 15 heavy (non-hydrogen) atoms. The minimum absolute atomic E-state index is 0.103. The van der Waals surface area contributed by atoms with Crippen LogP contribution in [0.1, 0.15) is 10.4 Å². The molecule has 0 radical (unpaired) electrons. The van der Waals surface area contributed by atoms with Crippen molar-refractivity contribution >= 4 is 28.9 Å². The van der Waals surface area contributed by atoms with Crippen LogP contribution >= 0.6 is 11.6 Å². The minimum Gasteiger partial charge on any atom is -0.289 e. The van der Waals surface area contributed by atoms with Crippen molar-refractivity contribution in [3.63, 3.8) is 0 Å². The smallest absolute Gasteiger partial charge is 0.269 e. The van der Waals surface area contributed by atoms with Crippen molar-refractivity contribution in [2.75, 3.05) is 5.88 Å². The lowest BCUT2D eigenvalue weighted by Gasteiger charge is -1.96. The summed E-state index contributed by atoms with van der Waals surface area (Å²) >= 11 is 5.20. The van der Waals surface area contributed by atoms with E-state index in [1.54, 1.807) is 0 Å². The van der Waals surface area contributed by atoms with Crippen LogP contribution in [0, 0.1) is 10.1 Å². The normalized spacial score (nSPS) is 9.67. The molecular formula is C9H6ClNO4. The molecule has 5 nitrogen and oxygen atoms in total. The number of hydrogen-bond acceptors (Lipinski definition) is 4. The Balaban J connectivity index is 2.94. The molecule has 0 heterocycles. The Hall–Kier alpha value is -1.75. The number of carbonyl (C=O) groups is 2. The monoisotopic (exact) mass is 227 g/mol. The number of nitrogens with zero attached hydrogens (tertiary/aromatic N) is 1. The van der Waals surface area contributed by atoms with Crippen molar-refractivity contribution in [3.05, 3.63) is 39.9 Å². The number of nitro benzene ring substituents is 1. The summed E-state index contributed by atoms with van der Waals surface area (Å²) in [7, 11) is 0. The van der Waals surface area contributed by atoms with Crippen LogP contribution in [0.25, 0.3) is 0 Å². The highest BCUT2D eigenvalue weighted by Gasteiger charge is 2.15. The van der Waals surface area contributed by atoms with Gasteiger partial charge in [-0.3, -0.25) is 19.7 Å². The van der Waals surface area contributed by atoms with Gasteiger partial charge in [-0.15, -0.1) is 11.6 Å². The molecule has 0 saturated carbocycles. The maximum absolute atomic E-state index is 11.3. The van der Waals surface area contributed by atoms with E-state index in [0.29, 0.717) is 0 Å². The first kappa shape index (κ1) is 11.3. The average molecular weight is 228 g/mol. The van der Waals surface area contributed by atoms with Crippen molar-refractivity contribution in [1.82, 2.24) is 0 Å². The van der Waals surface area contributed by atoms with Gasteiger partial charge in [0, 0.05) is 17.7 Å². The summed E-state index contributed by atoms with van der Waals surface area (Å²) in [6, 6.07) is 4.78. The van der Waals surface area contributed by atoms with Gasteiger partial charge < -0.3 is 0 Å². The molecule has 1 aromatic carbocycles. The maximum Gasteiger partial charge on any atom is 0.269 e. The zero-order chi connectivity index (χ0) is 11.4. The van der Waals surface area contributed by atoms with E-state index in [1.807, 2.05) is 0 Å². The van der Waals surface area contributed by atoms with Gasteiger partial charge in [-0.1, -0.05) is 0 Å². The molecule has 0 aromatic heterocycles. The molecule has 6 heteroatoms. The molecule has 0 aliphatic heterocycles. The third-order valence-corrected chi connectivity index (χ3v) is 1.96. The average Bonchev–Trinajstić information content (AvgIpc) is 2.27. The van der Waals surface area contributed by atoms with Crippen molar-refractivity contribution < 1.29 is 14.5 Å². The zero-order valence-corrected chi connectivity index (χ0v) is 8.23. The largest absolute Gasteiger partial charge is 0.289 e. The van der Waals surface area contributed by atoms with Crippen molar-refractivity contribution in [1.29, 1.82) is 0 Å². The first-order valence-electron chi connectivity index (χ1n) is 3.94. The molecule has 0 N–H and O–H groups in total. The van der Waals surface area contributed by atoms with Gasteiger partial charge in [-0.2, -0.15) is 0 Å². The van der Waals surface area contributed by atoms with E-state index in [2.05, 4.69) is 0 Å². The van der Waals surface area contributed by atoms with Gasteiger partial charge in [0.15, 0.2) is 0 Å². The Morgan fingerprint density at radius 1 is 1.27 bits per heavy atom. The highest BCUT2D eigenvalue weighted by molar-refractivity contribution is 6.51. The van der Waals surface area contributed by atoms with Gasteiger partial charge in [0.05, 0.1) is 10.8 Å². The van der Waals surface area contributed by atoms with Gasteiger partial charge >= 0.3 is 0 Å². The fourth-order valence-corrected chi connectivity index (χ4v) is 1.08. The summed E-state index contributed by atoms with van der Waals surface area (Å²) in [5, 5.41) is 10.3. The predicted octanol–water partition coefficient (Wildman–Crippen LogP) is 1.59. The van der Waals surface area contributed by atoms with Crippen LogP contribution in [0.3, 0.4) is 0 Å². The highest BCUT2D eigenvalue weighted by Crippen LogP contribution is 2.12. The molecule has 0 amide bonds. The van der Waals surface area contributed by atoms with Crippen LogP contribution in [0.2, 0.25) is 0 Å². The van der Waals surface area contributed by atoms with E-state index >= 15 is 0 Å². The third-order valence-electron chi connectivity index (χ3n) is 1.71. The predicted molar refractivity (Wildman–Crippen MR) is 53.2 cm³/mol. The second-order valence-electron chi connectivity index (χ2n) is 2.69. The molecule has 0 saturated heterocycles. The Morgan fingerprint density at radius 3 is 2.20 bits per heavy atom. The number of non-ortho nitro benzene ring substituents is 1. The number of halogens is 1. The number of nitro groups is 1. The quantitative estimate of drug-likeness (QED) is 0.257. The lowest BCUT2D eigenvalue weighted by atomic mass is 10.1. The molecule has 0 atom stereocenters. The van der Waals surface area contributed by atoms with E-state index in [9.17, 15) is 19.7 Å². The van der Waals surface area contributed by atoms with Crippen LogP contribution in [-0.4, -0.2) is 22.4 Å². The molecular weight excluding hydrogens is 222 g/mol. The van der Waals surface area contributed by atoms with E-state index in [4.69, 9.17) is 11.6 Å². The molecule has 1 aromatic rings. The van der Waals surface area contributed by atoms with E-state index in [1.165, 1.54) is 12.1 Å². The first-order chi connectivity index (χ1) is 7.06. The van der Waals surface area contributed by atoms with Gasteiger partial charge in [-0.05, 0) is 12.1 Å². The second-order valence-corrected chi connectivity index (χ2v) is 2.96. The Bertz CT molecular complexity index is 413. The summed E-state index contributed by atoms with van der Waals surface area (Å²) in [6.45, 7) is 0. The number of alkyl halides is 1. The van der Waals surface area contributed by atoms with Gasteiger partial charge in [0.25, 0.3) is 5.69 Å². The Kier molecular flexibility index (Phi) is 3.51. The summed E-state index contributed by atoms with van der Waals surface area (Å²) in [5.74, 6) is -1.86. The van der Waals surface area contributed by atoms with Gasteiger partial charge in [0.1, 0.15) is 0 Å². The fraction of sp³-hybridized carbons (Fsp3) is 0.111. The SMILES string of the molecule is O=C(CCl)C(=O)c1ccc([N+](=O)[O-])cc1. The molecule has 0 aliphatic carbocycles. The van der Waals surface area contributed by atoms with Gasteiger partial charge in [0.2, 0.25) is 11.6 Å². The van der Waals surface area contributed by atoms with Crippen LogP contribution < -0.4 is 0 Å². The topological polar surface area (TPSA) is 77.3 Å². The Morgan fingerprint density at radius 2 is 1.80 bits per heavy atom. The van der Waals surface area contributed by atoms with Crippen molar-refractivity contribution in [2.24, 2.45) is 0 Å². The molecule has 0 fully saturated rings.